The topological polar surface area (TPSA) is 70.6 Å². The Morgan fingerprint density at radius 1 is 1.04 bits per heavy atom. The van der Waals surface area contributed by atoms with Crippen LogP contribution in [0.2, 0.25) is 10.0 Å². The van der Waals surface area contributed by atoms with E-state index in [0.717, 1.165) is 5.39 Å². The quantitative estimate of drug-likeness (QED) is 0.560. The first kappa shape index (κ1) is 17.2. The van der Waals surface area contributed by atoms with Crippen molar-refractivity contribution in [3.05, 3.63) is 64.6 Å². The van der Waals surface area contributed by atoms with Gasteiger partial charge in [-0.1, -0.05) is 47.5 Å². The average molecular weight is 377 g/mol. The predicted octanol–water partition coefficient (Wildman–Crippen LogP) is 5.01. The predicted molar refractivity (Wildman–Crippen MR) is 99.7 cm³/mol. The number of rotatable bonds is 4. The number of urea groups is 1. The molecule has 7 heteroatoms. The van der Waals surface area contributed by atoms with Gasteiger partial charge in [0.05, 0.1) is 10.7 Å². The second-order valence-electron chi connectivity index (χ2n) is 5.17. The first-order valence-corrected chi connectivity index (χ1v) is 8.13. The van der Waals surface area contributed by atoms with Gasteiger partial charge in [-0.15, -0.1) is 0 Å². The van der Waals surface area contributed by atoms with Crippen LogP contribution in [0.25, 0.3) is 10.8 Å². The molecule has 0 aliphatic rings. The summed E-state index contributed by atoms with van der Waals surface area (Å²) in [6.07, 6.45) is 0. The molecule has 0 saturated heterocycles. The number of hydrogen-bond acceptors (Lipinski definition) is 3. The summed E-state index contributed by atoms with van der Waals surface area (Å²) in [5.74, 6) is 0.573. The SMILES string of the molecule is O=C(NCOc1ccc(Cl)cc1Cl)Nc1cccc2c(O)cccc12. The van der Waals surface area contributed by atoms with E-state index in [4.69, 9.17) is 27.9 Å². The zero-order valence-electron chi connectivity index (χ0n) is 12.9. The third-order valence-corrected chi connectivity index (χ3v) is 4.03. The van der Waals surface area contributed by atoms with Gasteiger partial charge in [-0.2, -0.15) is 0 Å². The number of amides is 2. The van der Waals surface area contributed by atoms with E-state index in [-0.39, 0.29) is 12.5 Å². The minimum absolute atomic E-state index is 0.0663. The lowest BCUT2D eigenvalue weighted by Crippen LogP contribution is -2.32. The molecule has 128 valence electrons. The maximum atomic E-state index is 12.1. The number of carbonyl (C=O) groups excluding carboxylic acids is 1. The van der Waals surface area contributed by atoms with Crippen molar-refractivity contribution >= 4 is 45.7 Å². The number of phenols is 1. The van der Waals surface area contributed by atoms with E-state index in [9.17, 15) is 9.90 Å². The molecule has 3 N–H and O–H groups in total. The summed E-state index contributed by atoms with van der Waals surface area (Å²) in [4.78, 5) is 12.1. The largest absolute Gasteiger partial charge is 0.507 e. The Morgan fingerprint density at radius 3 is 2.60 bits per heavy atom. The van der Waals surface area contributed by atoms with Gasteiger partial charge in [0.15, 0.2) is 6.73 Å². The van der Waals surface area contributed by atoms with Crippen molar-refractivity contribution in [1.29, 1.82) is 0 Å². The maximum absolute atomic E-state index is 12.1. The van der Waals surface area contributed by atoms with Crippen molar-refractivity contribution in [2.45, 2.75) is 0 Å². The Bertz CT molecular complexity index is 931. The Balaban J connectivity index is 1.62. The van der Waals surface area contributed by atoms with Gasteiger partial charge < -0.3 is 20.5 Å². The van der Waals surface area contributed by atoms with Crippen molar-refractivity contribution in [2.24, 2.45) is 0 Å². The zero-order valence-corrected chi connectivity index (χ0v) is 14.4. The highest BCUT2D eigenvalue weighted by Crippen LogP contribution is 2.30. The number of benzene rings is 3. The average Bonchev–Trinajstić information content (AvgIpc) is 2.58. The molecule has 5 nitrogen and oxygen atoms in total. The first-order chi connectivity index (χ1) is 12.0. The van der Waals surface area contributed by atoms with E-state index < -0.39 is 6.03 Å². The molecule has 0 aliphatic carbocycles. The monoisotopic (exact) mass is 376 g/mol. The molecule has 3 rings (SSSR count). The standard InChI is InChI=1S/C18H14Cl2N2O3/c19-11-7-8-17(14(20)9-11)25-10-21-18(24)22-15-5-1-4-13-12(15)3-2-6-16(13)23/h1-9,23H,10H2,(H2,21,22,24). The number of halogens is 2. The van der Waals surface area contributed by atoms with E-state index in [1.54, 1.807) is 48.5 Å². The van der Waals surface area contributed by atoms with Crippen LogP contribution in [-0.2, 0) is 0 Å². The number of aromatic hydroxyl groups is 1. The van der Waals surface area contributed by atoms with Crippen LogP contribution >= 0.6 is 23.2 Å². The summed E-state index contributed by atoms with van der Waals surface area (Å²) < 4.78 is 5.40. The van der Waals surface area contributed by atoms with Crippen LogP contribution in [0.5, 0.6) is 11.5 Å². The molecule has 0 unspecified atom stereocenters. The van der Waals surface area contributed by atoms with Crippen LogP contribution in [0, 0.1) is 0 Å². The summed E-state index contributed by atoms with van der Waals surface area (Å²) in [7, 11) is 0. The highest BCUT2D eigenvalue weighted by atomic mass is 35.5. The molecule has 0 radical (unpaired) electrons. The van der Waals surface area contributed by atoms with Crippen LogP contribution in [-0.4, -0.2) is 17.9 Å². The van der Waals surface area contributed by atoms with Gasteiger partial charge >= 0.3 is 6.03 Å². The van der Waals surface area contributed by atoms with E-state index >= 15 is 0 Å². The number of hydrogen-bond donors (Lipinski definition) is 3. The van der Waals surface area contributed by atoms with Crippen LogP contribution in [0.4, 0.5) is 10.5 Å². The molecule has 25 heavy (non-hydrogen) atoms. The second kappa shape index (κ2) is 7.51. The third kappa shape index (κ3) is 4.07. The molecule has 0 aromatic heterocycles. The van der Waals surface area contributed by atoms with Crippen molar-refractivity contribution in [1.82, 2.24) is 5.32 Å². The molecule has 3 aromatic carbocycles. The molecule has 0 atom stereocenters. The lowest BCUT2D eigenvalue weighted by Gasteiger charge is -2.12. The number of phenolic OH excluding ortho intramolecular Hbond substituents is 1. The molecule has 0 heterocycles. The number of fused-ring (bicyclic) bond motifs is 1. The summed E-state index contributed by atoms with van der Waals surface area (Å²) >= 11 is 11.8. The fraction of sp³-hybridized carbons (Fsp3) is 0.0556. The van der Waals surface area contributed by atoms with Gasteiger partial charge in [-0.25, -0.2) is 4.79 Å². The van der Waals surface area contributed by atoms with Crippen molar-refractivity contribution < 1.29 is 14.6 Å². The number of anilines is 1. The van der Waals surface area contributed by atoms with Gasteiger partial charge in [0.25, 0.3) is 0 Å². The minimum Gasteiger partial charge on any atom is -0.507 e. The van der Waals surface area contributed by atoms with Gasteiger partial charge in [-0.3, -0.25) is 0 Å². The van der Waals surface area contributed by atoms with Crippen LogP contribution in [0.1, 0.15) is 0 Å². The molecule has 0 bridgehead atoms. The maximum Gasteiger partial charge on any atom is 0.321 e. The van der Waals surface area contributed by atoms with E-state index in [0.29, 0.717) is 26.9 Å². The Labute approximate surface area is 154 Å². The van der Waals surface area contributed by atoms with Gasteiger partial charge in [-0.05, 0) is 30.3 Å². The molecule has 0 spiro atoms. The first-order valence-electron chi connectivity index (χ1n) is 7.38. The van der Waals surface area contributed by atoms with Crippen LogP contribution in [0.15, 0.2) is 54.6 Å². The lowest BCUT2D eigenvalue weighted by molar-refractivity contribution is 0.235. The molecular formula is C18H14Cl2N2O3. The molecule has 0 saturated carbocycles. The van der Waals surface area contributed by atoms with Crippen molar-refractivity contribution in [2.75, 3.05) is 12.0 Å². The van der Waals surface area contributed by atoms with Crippen molar-refractivity contribution in [3.8, 4) is 11.5 Å². The number of nitrogens with one attached hydrogen (secondary N) is 2. The van der Waals surface area contributed by atoms with Crippen LogP contribution in [0.3, 0.4) is 0 Å². The normalized spacial score (nSPS) is 10.5. The Kier molecular flexibility index (Phi) is 5.16. The Hall–Kier alpha value is -2.63. The third-order valence-electron chi connectivity index (χ3n) is 3.50. The smallest absolute Gasteiger partial charge is 0.321 e. The fourth-order valence-electron chi connectivity index (χ4n) is 2.34. The lowest BCUT2D eigenvalue weighted by atomic mass is 10.1. The van der Waals surface area contributed by atoms with Crippen LogP contribution < -0.4 is 15.4 Å². The van der Waals surface area contributed by atoms with Gasteiger partial charge in [0.2, 0.25) is 0 Å². The molecule has 0 aliphatic heterocycles. The van der Waals surface area contributed by atoms with Gasteiger partial charge in [0.1, 0.15) is 11.5 Å². The Morgan fingerprint density at radius 2 is 1.80 bits per heavy atom. The van der Waals surface area contributed by atoms with E-state index in [1.807, 2.05) is 6.07 Å². The second-order valence-corrected chi connectivity index (χ2v) is 6.02. The number of ether oxygens (including phenoxy) is 1. The van der Waals surface area contributed by atoms with E-state index in [1.165, 1.54) is 0 Å². The fourth-order valence-corrected chi connectivity index (χ4v) is 2.80. The van der Waals surface area contributed by atoms with E-state index in [2.05, 4.69) is 10.6 Å². The molecule has 2 amide bonds. The van der Waals surface area contributed by atoms with Gasteiger partial charge in [0, 0.05) is 15.8 Å². The highest BCUT2D eigenvalue weighted by Gasteiger charge is 2.08. The molecule has 0 fully saturated rings. The molecular weight excluding hydrogens is 363 g/mol. The highest BCUT2D eigenvalue weighted by molar-refractivity contribution is 6.35. The number of carbonyl (C=O) groups is 1. The zero-order chi connectivity index (χ0) is 17.8. The summed E-state index contributed by atoms with van der Waals surface area (Å²) in [6, 6.07) is 14.8. The van der Waals surface area contributed by atoms with Crippen molar-refractivity contribution in [3.63, 3.8) is 0 Å². The minimum atomic E-state index is -0.444. The summed E-state index contributed by atoms with van der Waals surface area (Å²) in [5, 5.41) is 17.4. The summed E-state index contributed by atoms with van der Waals surface area (Å²) in [5.41, 5.74) is 0.579. The molecule has 3 aromatic rings. The summed E-state index contributed by atoms with van der Waals surface area (Å²) in [6.45, 7) is -0.0663.